The van der Waals surface area contributed by atoms with Gasteiger partial charge in [0.2, 0.25) is 0 Å². The third kappa shape index (κ3) is 3.37. The highest BCUT2D eigenvalue weighted by molar-refractivity contribution is 5.47. The Balaban J connectivity index is 2.99. The maximum absolute atomic E-state index is 5.33. The van der Waals surface area contributed by atoms with E-state index in [0.29, 0.717) is 6.04 Å². The van der Waals surface area contributed by atoms with Gasteiger partial charge >= 0.3 is 0 Å². The molecule has 96 valence electrons. The second-order valence-corrected chi connectivity index (χ2v) is 4.24. The number of rotatable bonds is 6. The van der Waals surface area contributed by atoms with Crippen molar-refractivity contribution < 1.29 is 9.47 Å². The van der Waals surface area contributed by atoms with Crippen LogP contribution in [0.1, 0.15) is 37.4 Å². The molecule has 17 heavy (non-hydrogen) atoms. The number of ether oxygens (including phenoxy) is 2. The van der Waals surface area contributed by atoms with E-state index >= 15 is 0 Å². The van der Waals surface area contributed by atoms with Crippen molar-refractivity contribution in [3.05, 3.63) is 23.3 Å². The summed E-state index contributed by atoms with van der Waals surface area (Å²) in [6, 6.07) is 4.41. The molecule has 1 atom stereocenters. The van der Waals surface area contributed by atoms with Crippen molar-refractivity contribution in [2.45, 2.75) is 33.2 Å². The molecule has 0 saturated heterocycles. The van der Waals surface area contributed by atoms with Crippen LogP contribution >= 0.6 is 0 Å². The van der Waals surface area contributed by atoms with E-state index in [2.05, 4.69) is 32.2 Å². The van der Waals surface area contributed by atoms with Gasteiger partial charge in [0.15, 0.2) is 11.5 Å². The Morgan fingerprint density at radius 2 is 1.76 bits per heavy atom. The van der Waals surface area contributed by atoms with E-state index in [9.17, 15) is 0 Å². The van der Waals surface area contributed by atoms with Crippen LogP contribution in [0, 0.1) is 6.92 Å². The highest BCUT2D eigenvalue weighted by atomic mass is 16.5. The normalized spacial score (nSPS) is 12.3. The van der Waals surface area contributed by atoms with Crippen LogP contribution in [0.5, 0.6) is 11.5 Å². The maximum atomic E-state index is 5.33. The molecular formula is C14H23NO2. The van der Waals surface area contributed by atoms with E-state index in [1.807, 2.05) is 6.07 Å². The van der Waals surface area contributed by atoms with Gasteiger partial charge in [-0.1, -0.05) is 6.92 Å². The first kappa shape index (κ1) is 13.8. The van der Waals surface area contributed by atoms with Crippen LogP contribution in [0.25, 0.3) is 0 Å². The standard InChI is InChI=1S/C14H23NO2/c1-6-7-15-11(3)12-9-14(17-5)13(16-4)8-10(12)2/h8-9,11,15H,6-7H2,1-5H3. The molecule has 0 radical (unpaired) electrons. The second kappa shape index (κ2) is 6.50. The molecule has 0 spiro atoms. The lowest BCUT2D eigenvalue weighted by Gasteiger charge is -2.18. The third-order valence-corrected chi connectivity index (χ3v) is 2.94. The van der Waals surface area contributed by atoms with Crippen molar-refractivity contribution in [3.63, 3.8) is 0 Å². The molecule has 0 aliphatic rings. The van der Waals surface area contributed by atoms with Crippen molar-refractivity contribution >= 4 is 0 Å². The Morgan fingerprint density at radius 1 is 1.18 bits per heavy atom. The summed E-state index contributed by atoms with van der Waals surface area (Å²) in [6.07, 6.45) is 1.14. The minimum Gasteiger partial charge on any atom is -0.493 e. The van der Waals surface area contributed by atoms with Gasteiger partial charge in [0.25, 0.3) is 0 Å². The molecular weight excluding hydrogens is 214 g/mol. The summed E-state index contributed by atoms with van der Waals surface area (Å²) >= 11 is 0. The second-order valence-electron chi connectivity index (χ2n) is 4.24. The quantitative estimate of drug-likeness (QED) is 0.824. The Kier molecular flexibility index (Phi) is 5.29. The molecule has 3 nitrogen and oxygen atoms in total. The molecule has 0 fully saturated rings. The van der Waals surface area contributed by atoms with Gasteiger partial charge < -0.3 is 14.8 Å². The Bertz CT molecular complexity index is 363. The van der Waals surface area contributed by atoms with E-state index in [1.165, 1.54) is 11.1 Å². The molecule has 0 bridgehead atoms. The number of aryl methyl sites for hydroxylation is 1. The minimum atomic E-state index is 0.328. The zero-order valence-corrected chi connectivity index (χ0v) is 11.5. The van der Waals surface area contributed by atoms with Gasteiger partial charge in [-0.15, -0.1) is 0 Å². The number of hydrogen-bond acceptors (Lipinski definition) is 3. The van der Waals surface area contributed by atoms with Crippen molar-refractivity contribution in [1.29, 1.82) is 0 Å². The summed E-state index contributed by atoms with van der Waals surface area (Å²) in [4.78, 5) is 0. The van der Waals surface area contributed by atoms with Gasteiger partial charge in [0.1, 0.15) is 0 Å². The maximum Gasteiger partial charge on any atom is 0.161 e. The van der Waals surface area contributed by atoms with Gasteiger partial charge in [0, 0.05) is 6.04 Å². The Labute approximate surface area is 104 Å². The fourth-order valence-electron chi connectivity index (χ4n) is 1.93. The van der Waals surface area contributed by atoms with E-state index in [1.54, 1.807) is 14.2 Å². The van der Waals surface area contributed by atoms with Gasteiger partial charge in [-0.25, -0.2) is 0 Å². The van der Waals surface area contributed by atoms with Crippen LogP contribution in [0.4, 0.5) is 0 Å². The molecule has 1 unspecified atom stereocenters. The van der Waals surface area contributed by atoms with Gasteiger partial charge in [-0.3, -0.25) is 0 Å². The fourth-order valence-corrected chi connectivity index (χ4v) is 1.93. The van der Waals surface area contributed by atoms with Crippen LogP contribution in [0.15, 0.2) is 12.1 Å². The molecule has 1 aromatic rings. The van der Waals surface area contributed by atoms with Crippen LogP contribution in [-0.4, -0.2) is 20.8 Å². The smallest absolute Gasteiger partial charge is 0.161 e. The average Bonchev–Trinajstić information content (AvgIpc) is 2.35. The summed E-state index contributed by atoms with van der Waals surface area (Å²) in [5, 5.41) is 3.48. The molecule has 3 heteroatoms. The predicted molar refractivity (Wildman–Crippen MR) is 71.0 cm³/mol. The lowest BCUT2D eigenvalue weighted by atomic mass is 10.0. The number of nitrogens with one attached hydrogen (secondary N) is 1. The van der Waals surface area contributed by atoms with Crippen LogP contribution in [0.3, 0.4) is 0 Å². The van der Waals surface area contributed by atoms with Gasteiger partial charge in [-0.05, 0) is 50.1 Å². The number of benzene rings is 1. The zero-order valence-electron chi connectivity index (χ0n) is 11.5. The molecule has 0 amide bonds. The number of methoxy groups -OCH3 is 2. The predicted octanol–water partition coefficient (Wildman–Crippen LogP) is 3.07. The fraction of sp³-hybridized carbons (Fsp3) is 0.571. The molecule has 1 rings (SSSR count). The molecule has 0 heterocycles. The largest absolute Gasteiger partial charge is 0.493 e. The lowest BCUT2D eigenvalue weighted by Crippen LogP contribution is -2.20. The van der Waals surface area contributed by atoms with Crippen LogP contribution in [-0.2, 0) is 0 Å². The van der Waals surface area contributed by atoms with Gasteiger partial charge in [-0.2, -0.15) is 0 Å². The average molecular weight is 237 g/mol. The summed E-state index contributed by atoms with van der Waals surface area (Å²) in [6.45, 7) is 7.46. The Morgan fingerprint density at radius 3 is 2.29 bits per heavy atom. The Hall–Kier alpha value is -1.22. The third-order valence-electron chi connectivity index (χ3n) is 2.94. The molecule has 0 aliphatic heterocycles. The molecule has 1 aromatic carbocycles. The van der Waals surface area contributed by atoms with Crippen molar-refractivity contribution in [2.75, 3.05) is 20.8 Å². The molecule has 0 saturated carbocycles. The molecule has 1 N–H and O–H groups in total. The first-order valence-electron chi connectivity index (χ1n) is 6.09. The summed E-state index contributed by atoms with van der Waals surface area (Å²) < 4.78 is 10.6. The first-order valence-corrected chi connectivity index (χ1v) is 6.09. The summed E-state index contributed by atoms with van der Waals surface area (Å²) in [5.74, 6) is 1.58. The van der Waals surface area contributed by atoms with E-state index < -0.39 is 0 Å². The highest BCUT2D eigenvalue weighted by Crippen LogP contribution is 2.32. The number of hydrogen-bond donors (Lipinski definition) is 1. The van der Waals surface area contributed by atoms with Gasteiger partial charge in [0.05, 0.1) is 14.2 Å². The molecule has 0 aromatic heterocycles. The lowest BCUT2D eigenvalue weighted by molar-refractivity contribution is 0.353. The van der Waals surface area contributed by atoms with E-state index in [-0.39, 0.29) is 0 Å². The minimum absolute atomic E-state index is 0.328. The monoisotopic (exact) mass is 237 g/mol. The molecule has 0 aliphatic carbocycles. The van der Waals surface area contributed by atoms with E-state index in [0.717, 1.165) is 24.5 Å². The van der Waals surface area contributed by atoms with Crippen molar-refractivity contribution in [2.24, 2.45) is 0 Å². The van der Waals surface area contributed by atoms with E-state index in [4.69, 9.17) is 9.47 Å². The van der Waals surface area contributed by atoms with Crippen LogP contribution in [0.2, 0.25) is 0 Å². The highest BCUT2D eigenvalue weighted by Gasteiger charge is 2.12. The van der Waals surface area contributed by atoms with Crippen molar-refractivity contribution in [3.8, 4) is 11.5 Å². The SMILES string of the molecule is CCCNC(C)c1cc(OC)c(OC)cc1C. The summed E-state index contributed by atoms with van der Waals surface area (Å²) in [7, 11) is 3.33. The topological polar surface area (TPSA) is 30.5 Å². The zero-order chi connectivity index (χ0) is 12.8. The van der Waals surface area contributed by atoms with Crippen molar-refractivity contribution in [1.82, 2.24) is 5.32 Å². The van der Waals surface area contributed by atoms with Crippen LogP contribution < -0.4 is 14.8 Å². The summed E-state index contributed by atoms with van der Waals surface area (Å²) in [5.41, 5.74) is 2.48. The first-order chi connectivity index (χ1) is 8.13.